The Morgan fingerprint density at radius 3 is 2.49 bits per heavy atom. The van der Waals surface area contributed by atoms with Crippen LogP contribution in [-0.4, -0.2) is 57.0 Å². The molecule has 3 rings (SSSR count). The first-order valence-electron chi connectivity index (χ1n) is 11.2. The van der Waals surface area contributed by atoms with Gasteiger partial charge in [-0.05, 0) is 39.8 Å². The molecule has 0 spiro atoms. The average Bonchev–Trinajstić information content (AvgIpc) is 2.98. The van der Waals surface area contributed by atoms with Crippen molar-refractivity contribution < 1.29 is 41.8 Å². The van der Waals surface area contributed by atoms with Gasteiger partial charge in [0.1, 0.15) is 18.4 Å². The number of hydrogen-bond acceptors (Lipinski definition) is 9. The van der Waals surface area contributed by atoms with Crippen LogP contribution in [0.1, 0.15) is 33.9 Å². The second-order valence-corrected chi connectivity index (χ2v) is 10.5. The van der Waals surface area contributed by atoms with Crippen molar-refractivity contribution in [1.29, 1.82) is 0 Å². The molecular formula is C22H28F2N3O9P. The predicted molar refractivity (Wildman–Crippen MR) is 125 cm³/mol. The zero-order valence-corrected chi connectivity index (χ0v) is 21.3. The second kappa shape index (κ2) is 10.8. The Morgan fingerprint density at radius 1 is 1.24 bits per heavy atom. The lowest BCUT2D eigenvalue weighted by Gasteiger charge is -2.28. The Hall–Kier alpha value is -2.90. The van der Waals surface area contributed by atoms with E-state index >= 15 is 8.78 Å². The molecular weight excluding hydrogens is 519 g/mol. The molecule has 2 heterocycles. The van der Waals surface area contributed by atoms with Crippen LogP contribution in [0.3, 0.4) is 0 Å². The van der Waals surface area contributed by atoms with Crippen LogP contribution in [-0.2, 0) is 23.4 Å². The molecule has 204 valence electrons. The number of carbonyl (C=O) groups is 1. The summed E-state index contributed by atoms with van der Waals surface area (Å²) in [6, 6.07) is 7.22. The summed E-state index contributed by atoms with van der Waals surface area (Å²) in [4.78, 5) is 37.6. The molecule has 37 heavy (non-hydrogen) atoms. The van der Waals surface area contributed by atoms with E-state index in [2.05, 4.69) is 5.09 Å². The number of halogens is 2. The largest absolute Gasteiger partial charge is 0.462 e. The summed E-state index contributed by atoms with van der Waals surface area (Å²) in [5, 5.41) is 12.8. The first-order valence-corrected chi connectivity index (χ1v) is 12.7. The number of aromatic amines is 1. The maximum absolute atomic E-state index is 15.8. The van der Waals surface area contributed by atoms with E-state index in [9.17, 15) is 24.1 Å². The van der Waals surface area contributed by atoms with Gasteiger partial charge in [0.2, 0.25) is 0 Å². The topological polar surface area (TPSA) is 158 Å². The van der Waals surface area contributed by atoms with E-state index in [0.29, 0.717) is 4.57 Å². The van der Waals surface area contributed by atoms with Crippen LogP contribution in [0.25, 0.3) is 0 Å². The molecule has 0 radical (unpaired) electrons. The van der Waals surface area contributed by atoms with Crippen molar-refractivity contribution in [1.82, 2.24) is 14.6 Å². The third kappa shape index (κ3) is 6.51. The van der Waals surface area contributed by atoms with Crippen LogP contribution in [0.4, 0.5) is 8.78 Å². The highest BCUT2D eigenvalue weighted by Gasteiger charge is 2.65. The molecule has 2 aromatic rings. The predicted octanol–water partition coefficient (Wildman–Crippen LogP) is 1.95. The van der Waals surface area contributed by atoms with Crippen LogP contribution >= 0.6 is 7.75 Å². The molecule has 6 atom stereocenters. The number of benzene rings is 1. The SMILES string of the molecule is CC(C)OC(=O)C(C)NP(=O)(OC[C@@]1(F)OC(n2ccc(=O)[nH]c2=O)[C@](C)(F)[C@@H]1O)Oc1ccccc1. The van der Waals surface area contributed by atoms with Gasteiger partial charge in [-0.3, -0.25) is 23.7 Å². The number of hydrogen-bond donors (Lipinski definition) is 3. The lowest BCUT2D eigenvalue weighted by Crippen LogP contribution is -2.47. The zero-order valence-electron chi connectivity index (χ0n) is 20.4. The van der Waals surface area contributed by atoms with Gasteiger partial charge in [-0.15, -0.1) is 0 Å². The van der Waals surface area contributed by atoms with E-state index in [-0.39, 0.29) is 5.75 Å². The van der Waals surface area contributed by atoms with Gasteiger partial charge in [0.15, 0.2) is 18.0 Å². The molecule has 3 N–H and O–H groups in total. The first kappa shape index (κ1) is 28.7. The number of aliphatic hydroxyl groups is 1. The molecule has 15 heteroatoms. The number of aromatic nitrogens is 2. The summed E-state index contributed by atoms with van der Waals surface area (Å²) >= 11 is 0. The van der Waals surface area contributed by atoms with Gasteiger partial charge >= 0.3 is 19.4 Å². The van der Waals surface area contributed by atoms with E-state index in [4.69, 9.17) is 18.5 Å². The highest BCUT2D eigenvalue weighted by Crippen LogP contribution is 2.51. The number of rotatable bonds is 10. The molecule has 1 aromatic carbocycles. The zero-order chi connectivity index (χ0) is 27.6. The Balaban J connectivity index is 1.86. The fourth-order valence-electron chi connectivity index (χ4n) is 3.48. The highest BCUT2D eigenvalue weighted by atomic mass is 31.2. The van der Waals surface area contributed by atoms with Crippen molar-refractivity contribution in [3.63, 3.8) is 0 Å². The second-order valence-electron chi connectivity index (χ2n) is 8.84. The van der Waals surface area contributed by atoms with Gasteiger partial charge in [-0.25, -0.2) is 18.1 Å². The minimum atomic E-state index is -4.59. The Bertz CT molecular complexity index is 1270. The Labute approximate surface area is 210 Å². The summed E-state index contributed by atoms with van der Waals surface area (Å²) in [5.41, 5.74) is -4.80. The quantitative estimate of drug-likeness (QED) is 0.297. The van der Waals surface area contributed by atoms with E-state index in [1.807, 2.05) is 4.98 Å². The van der Waals surface area contributed by atoms with Crippen LogP contribution in [0.5, 0.6) is 5.75 Å². The van der Waals surface area contributed by atoms with Crippen molar-refractivity contribution in [2.75, 3.05) is 6.61 Å². The molecule has 0 bridgehead atoms. The number of aliphatic hydroxyl groups excluding tert-OH is 1. The van der Waals surface area contributed by atoms with Gasteiger partial charge in [-0.1, -0.05) is 18.2 Å². The van der Waals surface area contributed by atoms with E-state index in [0.717, 1.165) is 19.2 Å². The van der Waals surface area contributed by atoms with Crippen molar-refractivity contribution in [2.24, 2.45) is 0 Å². The van der Waals surface area contributed by atoms with Crippen molar-refractivity contribution in [3.8, 4) is 5.75 Å². The summed E-state index contributed by atoms with van der Waals surface area (Å²) in [6.07, 6.45) is -4.17. The molecule has 1 aliphatic heterocycles. The maximum atomic E-state index is 15.8. The smallest absolute Gasteiger partial charge is 0.459 e. The lowest BCUT2D eigenvalue weighted by atomic mass is 9.97. The van der Waals surface area contributed by atoms with E-state index < -0.39 is 67.6 Å². The first-order chi connectivity index (χ1) is 17.2. The van der Waals surface area contributed by atoms with Crippen LogP contribution in [0.15, 0.2) is 52.2 Å². The molecule has 1 aromatic heterocycles. The highest BCUT2D eigenvalue weighted by molar-refractivity contribution is 7.52. The minimum absolute atomic E-state index is 0.0246. The summed E-state index contributed by atoms with van der Waals surface area (Å²) in [5.74, 6) is -4.11. The van der Waals surface area contributed by atoms with E-state index in [1.165, 1.54) is 19.1 Å². The molecule has 3 unspecified atom stereocenters. The monoisotopic (exact) mass is 547 g/mol. The lowest BCUT2D eigenvalue weighted by molar-refractivity contribution is -0.204. The molecule has 1 aliphatic rings. The van der Waals surface area contributed by atoms with Gasteiger partial charge in [-0.2, -0.15) is 5.09 Å². The normalized spacial score (nSPS) is 28.0. The van der Waals surface area contributed by atoms with Crippen LogP contribution < -0.4 is 20.9 Å². The summed E-state index contributed by atoms with van der Waals surface area (Å²) in [7, 11) is -4.59. The van der Waals surface area contributed by atoms with Crippen LogP contribution in [0, 0.1) is 0 Å². The van der Waals surface area contributed by atoms with Crippen molar-refractivity contribution in [3.05, 3.63) is 63.4 Å². The summed E-state index contributed by atoms with van der Waals surface area (Å²) < 4.78 is 66.0. The minimum Gasteiger partial charge on any atom is -0.462 e. The Kier molecular flexibility index (Phi) is 8.40. The average molecular weight is 547 g/mol. The number of para-hydroxylation sites is 1. The number of nitrogens with one attached hydrogen (secondary N) is 2. The van der Waals surface area contributed by atoms with Crippen molar-refractivity contribution >= 4 is 13.7 Å². The van der Waals surface area contributed by atoms with Gasteiger partial charge in [0.05, 0.1) is 6.10 Å². The summed E-state index contributed by atoms with van der Waals surface area (Å²) in [6.45, 7) is 3.95. The number of ether oxygens (including phenoxy) is 2. The molecule has 1 fully saturated rings. The molecule has 0 saturated carbocycles. The van der Waals surface area contributed by atoms with Crippen molar-refractivity contribution in [2.45, 2.75) is 63.7 Å². The molecule has 0 aliphatic carbocycles. The molecule has 12 nitrogen and oxygen atoms in total. The standard InChI is InChI=1S/C22H28F2N3O9P/c1-13(2)34-17(29)14(3)26-37(32,36-15-8-6-5-7-9-15)33-12-22(24)18(30)21(4,23)19(35-22)27-11-10-16(28)25-20(27)31/h5-11,13-14,18-19,30H,12H2,1-4H3,(H,26,32)(H,25,28,31)/t14?,18-,19?,21+,22+,37?/m0/s1. The maximum Gasteiger partial charge on any atom is 0.459 e. The number of esters is 1. The van der Waals surface area contributed by atoms with Crippen LogP contribution in [0.2, 0.25) is 0 Å². The fraction of sp³-hybridized carbons (Fsp3) is 0.500. The van der Waals surface area contributed by atoms with Gasteiger partial charge < -0.3 is 19.1 Å². The van der Waals surface area contributed by atoms with E-state index in [1.54, 1.807) is 32.0 Å². The third-order valence-corrected chi connectivity index (χ3v) is 6.92. The number of nitrogens with zero attached hydrogens (tertiary/aromatic N) is 1. The number of carbonyl (C=O) groups excluding carboxylic acids is 1. The molecule has 1 saturated heterocycles. The number of alkyl halides is 2. The van der Waals surface area contributed by atoms with Gasteiger partial charge in [0.25, 0.3) is 11.4 Å². The Morgan fingerprint density at radius 2 is 1.89 bits per heavy atom. The van der Waals surface area contributed by atoms with Gasteiger partial charge in [0, 0.05) is 12.3 Å². The fourth-order valence-corrected chi connectivity index (χ4v) is 4.99. The third-order valence-electron chi connectivity index (χ3n) is 5.29. The molecule has 0 amide bonds. The number of H-pyrrole nitrogens is 1.